The van der Waals surface area contributed by atoms with Gasteiger partial charge in [0, 0.05) is 24.2 Å². The minimum Gasteiger partial charge on any atom is -0.490 e. The molecule has 10 heteroatoms. The van der Waals surface area contributed by atoms with Gasteiger partial charge in [0.2, 0.25) is 11.5 Å². The van der Waals surface area contributed by atoms with Crippen molar-refractivity contribution in [3.05, 3.63) is 35.4 Å². The van der Waals surface area contributed by atoms with Gasteiger partial charge in [-0.3, -0.25) is 9.59 Å². The molecule has 0 fully saturated rings. The normalized spacial score (nSPS) is 10.4. The van der Waals surface area contributed by atoms with Crippen LogP contribution in [0.1, 0.15) is 68.7 Å². The summed E-state index contributed by atoms with van der Waals surface area (Å²) in [6.45, 7) is 14.5. The van der Waals surface area contributed by atoms with Gasteiger partial charge in [0.15, 0.2) is 23.0 Å². The van der Waals surface area contributed by atoms with Crippen LogP contribution in [0.3, 0.4) is 0 Å². The van der Waals surface area contributed by atoms with Crippen LogP contribution in [0.15, 0.2) is 24.3 Å². The largest absolute Gasteiger partial charge is 0.490 e. The third-order valence-electron chi connectivity index (χ3n) is 5.27. The molecule has 0 aliphatic carbocycles. The van der Waals surface area contributed by atoms with Crippen LogP contribution in [0.4, 0.5) is 0 Å². The van der Waals surface area contributed by atoms with Crippen LogP contribution in [0.2, 0.25) is 0 Å². The van der Waals surface area contributed by atoms with E-state index in [1.165, 1.54) is 0 Å². The second-order valence-electron chi connectivity index (χ2n) is 8.07. The fourth-order valence-electron chi connectivity index (χ4n) is 3.74. The zero-order valence-electron chi connectivity index (χ0n) is 23.9. The first-order valence-electron chi connectivity index (χ1n) is 13.6. The molecule has 2 aromatic rings. The zero-order chi connectivity index (χ0) is 28.6. The maximum absolute atomic E-state index is 12.8. The van der Waals surface area contributed by atoms with E-state index in [9.17, 15) is 9.59 Å². The summed E-state index contributed by atoms with van der Waals surface area (Å²) in [5, 5.41) is 5.75. The summed E-state index contributed by atoms with van der Waals surface area (Å²) in [5.74, 6) is 2.23. The minimum absolute atomic E-state index is 0.277. The zero-order valence-corrected chi connectivity index (χ0v) is 23.9. The molecule has 0 aliphatic rings. The van der Waals surface area contributed by atoms with Crippen molar-refractivity contribution in [2.24, 2.45) is 0 Å². The van der Waals surface area contributed by atoms with E-state index in [1.54, 1.807) is 24.3 Å². The standard InChI is InChI=1S/C29H42N2O8/c1-7-34-22-16-20(17-23(35-8-2)26(22)38-11-5)28(32)30-14-13-15-31-29(33)21-18-24(36-9-3)27(39-12-6)25(19-21)37-10-4/h16-19H,7-15H2,1-6H3,(H,30,32)(H,31,33). The summed E-state index contributed by atoms with van der Waals surface area (Å²) < 4.78 is 34.1. The van der Waals surface area contributed by atoms with Gasteiger partial charge in [-0.15, -0.1) is 0 Å². The molecule has 0 saturated heterocycles. The smallest absolute Gasteiger partial charge is 0.251 e. The second kappa shape index (κ2) is 16.9. The molecule has 39 heavy (non-hydrogen) atoms. The fraction of sp³-hybridized carbons (Fsp3) is 0.517. The van der Waals surface area contributed by atoms with E-state index >= 15 is 0 Å². The van der Waals surface area contributed by atoms with Gasteiger partial charge in [0.1, 0.15) is 0 Å². The van der Waals surface area contributed by atoms with Crippen molar-refractivity contribution in [2.45, 2.75) is 48.0 Å². The number of hydrogen-bond acceptors (Lipinski definition) is 8. The van der Waals surface area contributed by atoms with E-state index in [0.29, 0.717) is 105 Å². The molecular weight excluding hydrogens is 504 g/mol. The van der Waals surface area contributed by atoms with Crippen LogP contribution in [-0.4, -0.2) is 64.5 Å². The van der Waals surface area contributed by atoms with Gasteiger partial charge >= 0.3 is 0 Å². The number of carbonyl (C=O) groups excluding carboxylic acids is 2. The first kappa shape index (κ1) is 31.4. The molecule has 0 bridgehead atoms. The Morgan fingerprint density at radius 3 is 1.05 bits per heavy atom. The molecule has 10 nitrogen and oxygen atoms in total. The summed E-state index contributed by atoms with van der Waals surface area (Å²) in [7, 11) is 0. The topological polar surface area (TPSA) is 114 Å². The molecule has 0 heterocycles. The van der Waals surface area contributed by atoms with Crippen LogP contribution in [0.5, 0.6) is 34.5 Å². The number of hydrogen-bond donors (Lipinski definition) is 2. The second-order valence-corrected chi connectivity index (χ2v) is 8.07. The highest BCUT2D eigenvalue weighted by Gasteiger charge is 2.20. The van der Waals surface area contributed by atoms with E-state index in [4.69, 9.17) is 28.4 Å². The van der Waals surface area contributed by atoms with Gasteiger partial charge in [-0.2, -0.15) is 0 Å². The highest BCUT2D eigenvalue weighted by molar-refractivity contribution is 5.96. The third-order valence-corrected chi connectivity index (χ3v) is 5.27. The summed E-state index contributed by atoms with van der Waals surface area (Å²) in [5.41, 5.74) is 0.798. The van der Waals surface area contributed by atoms with Gasteiger partial charge < -0.3 is 39.1 Å². The van der Waals surface area contributed by atoms with Gasteiger partial charge in [0.25, 0.3) is 11.8 Å². The molecule has 2 N–H and O–H groups in total. The van der Waals surface area contributed by atoms with E-state index in [2.05, 4.69) is 10.6 Å². The average molecular weight is 547 g/mol. The van der Waals surface area contributed by atoms with Crippen LogP contribution in [-0.2, 0) is 0 Å². The number of ether oxygens (including phenoxy) is 6. The Morgan fingerprint density at radius 1 is 0.513 bits per heavy atom. The summed E-state index contributed by atoms with van der Waals surface area (Å²) >= 11 is 0. The van der Waals surface area contributed by atoms with Crippen molar-refractivity contribution < 1.29 is 38.0 Å². The maximum atomic E-state index is 12.8. The molecule has 0 aliphatic heterocycles. The van der Waals surface area contributed by atoms with Crippen LogP contribution < -0.4 is 39.1 Å². The van der Waals surface area contributed by atoms with E-state index in [1.807, 2.05) is 41.5 Å². The molecule has 216 valence electrons. The Bertz CT molecular complexity index is 936. The molecule has 2 aromatic carbocycles. The van der Waals surface area contributed by atoms with Crippen molar-refractivity contribution in [2.75, 3.05) is 52.7 Å². The molecular formula is C29H42N2O8. The molecule has 0 atom stereocenters. The Kier molecular flexibility index (Phi) is 13.6. The van der Waals surface area contributed by atoms with Crippen LogP contribution in [0.25, 0.3) is 0 Å². The molecule has 0 spiro atoms. The van der Waals surface area contributed by atoms with Gasteiger partial charge in [-0.05, 0) is 72.2 Å². The van der Waals surface area contributed by atoms with Gasteiger partial charge in [0.05, 0.1) is 39.6 Å². The lowest BCUT2D eigenvalue weighted by molar-refractivity contribution is 0.0950. The van der Waals surface area contributed by atoms with Crippen LogP contribution in [0, 0.1) is 0 Å². The molecule has 0 aromatic heterocycles. The SMILES string of the molecule is CCOc1cc(C(=O)NCCCNC(=O)c2cc(OCC)c(OCC)c(OCC)c2)cc(OCC)c1OCC. The maximum Gasteiger partial charge on any atom is 0.251 e. The van der Waals surface area contributed by atoms with Crippen molar-refractivity contribution in [3.63, 3.8) is 0 Å². The fourth-order valence-corrected chi connectivity index (χ4v) is 3.74. The summed E-state index contributed by atoms with van der Waals surface area (Å²) in [6.07, 6.45) is 0.527. The number of nitrogens with one attached hydrogen (secondary N) is 2. The first-order chi connectivity index (χ1) is 18.9. The third kappa shape index (κ3) is 9.15. The average Bonchev–Trinajstić information content (AvgIpc) is 2.92. The van der Waals surface area contributed by atoms with E-state index in [0.717, 1.165) is 0 Å². The van der Waals surface area contributed by atoms with E-state index in [-0.39, 0.29) is 11.8 Å². The quantitative estimate of drug-likeness (QED) is 0.260. The summed E-state index contributed by atoms with van der Waals surface area (Å²) in [4.78, 5) is 25.7. The Hall–Kier alpha value is -3.82. The molecule has 2 rings (SSSR count). The molecule has 2 amide bonds. The van der Waals surface area contributed by atoms with Crippen molar-refractivity contribution >= 4 is 11.8 Å². The Morgan fingerprint density at radius 2 is 0.795 bits per heavy atom. The van der Waals surface area contributed by atoms with Crippen molar-refractivity contribution in [3.8, 4) is 34.5 Å². The highest BCUT2D eigenvalue weighted by atomic mass is 16.5. The summed E-state index contributed by atoms with van der Waals surface area (Å²) in [6, 6.07) is 6.58. The predicted octanol–water partition coefficient (Wildman–Crippen LogP) is 4.63. The highest BCUT2D eigenvalue weighted by Crippen LogP contribution is 2.40. The Balaban J connectivity index is 2.01. The molecule has 0 radical (unpaired) electrons. The number of carbonyl (C=O) groups is 2. The van der Waals surface area contributed by atoms with Gasteiger partial charge in [-0.1, -0.05) is 0 Å². The van der Waals surface area contributed by atoms with Crippen LogP contribution >= 0.6 is 0 Å². The van der Waals surface area contributed by atoms with Gasteiger partial charge in [-0.25, -0.2) is 0 Å². The molecule has 0 unspecified atom stereocenters. The minimum atomic E-state index is -0.277. The lowest BCUT2D eigenvalue weighted by Crippen LogP contribution is -2.30. The van der Waals surface area contributed by atoms with E-state index < -0.39 is 0 Å². The lowest BCUT2D eigenvalue weighted by Gasteiger charge is -2.17. The number of amides is 2. The lowest BCUT2D eigenvalue weighted by atomic mass is 10.1. The number of rotatable bonds is 18. The van der Waals surface area contributed by atoms with Crippen molar-refractivity contribution in [1.82, 2.24) is 10.6 Å². The number of benzene rings is 2. The Labute approximate surface area is 231 Å². The molecule has 0 saturated carbocycles. The van der Waals surface area contributed by atoms with Crippen molar-refractivity contribution in [1.29, 1.82) is 0 Å². The monoisotopic (exact) mass is 546 g/mol. The first-order valence-corrected chi connectivity index (χ1v) is 13.6. The predicted molar refractivity (Wildman–Crippen MR) is 149 cm³/mol.